The van der Waals surface area contributed by atoms with Crippen LogP contribution >= 0.6 is 0 Å². The maximum atomic E-state index is 5.59. The highest BCUT2D eigenvalue weighted by atomic mass is 15.2. The Morgan fingerprint density at radius 1 is 1.64 bits per heavy atom. The second-order valence-electron chi connectivity index (χ2n) is 3.72. The van der Waals surface area contributed by atoms with Crippen LogP contribution in [0.25, 0.3) is 0 Å². The van der Waals surface area contributed by atoms with E-state index in [2.05, 4.69) is 21.8 Å². The summed E-state index contributed by atoms with van der Waals surface area (Å²) < 4.78 is 0. The number of likely N-dealkylation sites (tertiary alicyclic amines) is 1. The standard InChI is InChI=1S/C10H16N4/c1-2-8-4-6-14(8)7-10-12-5-3-9(11)13-10/h3,5,8H,2,4,6-7H2,1H3,(H2,11,12,13). The molecule has 0 bridgehead atoms. The van der Waals surface area contributed by atoms with Crippen molar-refractivity contribution in [1.82, 2.24) is 14.9 Å². The van der Waals surface area contributed by atoms with Crippen LogP contribution in [0.1, 0.15) is 25.6 Å². The van der Waals surface area contributed by atoms with Crippen LogP contribution in [0.15, 0.2) is 12.3 Å². The fraction of sp³-hybridized carbons (Fsp3) is 0.600. The predicted molar refractivity (Wildman–Crippen MR) is 55.6 cm³/mol. The van der Waals surface area contributed by atoms with Crippen molar-refractivity contribution >= 4 is 5.82 Å². The summed E-state index contributed by atoms with van der Waals surface area (Å²) >= 11 is 0. The summed E-state index contributed by atoms with van der Waals surface area (Å²) in [4.78, 5) is 10.8. The van der Waals surface area contributed by atoms with Gasteiger partial charge in [0, 0.05) is 18.8 Å². The van der Waals surface area contributed by atoms with Crippen LogP contribution in [-0.4, -0.2) is 27.5 Å². The topological polar surface area (TPSA) is 55.0 Å². The first-order chi connectivity index (χ1) is 6.79. The number of nitrogen functional groups attached to an aromatic ring is 1. The maximum Gasteiger partial charge on any atom is 0.144 e. The van der Waals surface area contributed by atoms with Gasteiger partial charge in [0.15, 0.2) is 0 Å². The van der Waals surface area contributed by atoms with Gasteiger partial charge in [0.05, 0.1) is 6.54 Å². The van der Waals surface area contributed by atoms with E-state index in [4.69, 9.17) is 5.73 Å². The zero-order valence-electron chi connectivity index (χ0n) is 8.48. The van der Waals surface area contributed by atoms with Gasteiger partial charge in [-0.1, -0.05) is 6.92 Å². The van der Waals surface area contributed by atoms with E-state index in [1.54, 1.807) is 12.3 Å². The van der Waals surface area contributed by atoms with E-state index in [9.17, 15) is 0 Å². The van der Waals surface area contributed by atoms with Crippen LogP contribution in [0.2, 0.25) is 0 Å². The van der Waals surface area contributed by atoms with E-state index >= 15 is 0 Å². The molecule has 2 N–H and O–H groups in total. The van der Waals surface area contributed by atoms with Crippen molar-refractivity contribution in [2.75, 3.05) is 12.3 Å². The molecule has 0 aromatic carbocycles. The lowest BCUT2D eigenvalue weighted by molar-refractivity contribution is 0.0761. The Labute approximate surface area is 84.2 Å². The molecule has 0 aliphatic carbocycles. The largest absolute Gasteiger partial charge is 0.384 e. The SMILES string of the molecule is CCC1CCN1Cc1nccc(N)n1. The summed E-state index contributed by atoms with van der Waals surface area (Å²) in [7, 11) is 0. The molecule has 1 aliphatic rings. The fourth-order valence-corrected chi connectivity index (χ4v) is 1.84. The lowest BCUT2D eigenvalue weighted by Crippen LogP contribution is -2.46. The van der Waals surface area contributed by atoms with Gasteiger partial charge in [-0.15, -0.1) is 0 Å². The van der Waals surface area contributed by atoms with Crippen molar-refractivity contribution in [2.45, 2.75) is 32.4 Å². The summed E-state index contributed by atoms with van der Waals surface area (Å²) in [6, 6.07) is 2.44. The van der Waals surface area contributed by atoms with Gasteiger partial charge >= 0.3 is 0 Å². The summed E-state index contributed by atoms with van der Waals surface area (Å²) in [5.74, 6) is 1.40. The van der Waals surface area contributed by atoms with Crippen LogP contribution in [-0.2, 0) is 6.54 Å². The summed E-state index contributed by atoms with van der Waals surface area (Å²) in [6.07, 6.45) is 4.24. The highest BCUT2D eigenvalue weighted by Gasteiger charge is 2.26. The molecule has 1 fully saturated rings. The number of hydrogen-bond donors (Lipinski definition) is 1. The first-order valence-electron chi connectivity index (χ1n) is 5.11. The molecule has 4 nitrogen and oxygen atoms in total. The molecule has 14 heavy (non-hydrogen) atoms. The van der Waals surface area contributed by atoms with Gasteiger partial charge in [0.2, 0.25) is 0 Å². The first kappa shape index (κ1) is 9.40. The Morgan fingerprint density at radius 2 is 2.50 bits per heavy atom. The molecule has 2 heterocycles. The minimum atomic E-state index is 0.559. The molecule has 1 aliphatic heterocycles. The lowest BCUT2D eigenvalue weighted by Gasteiger charge is -2.40. The van der Waals surface area contributed by atoms with Gasteiger partial charge in [-0.25, -0.2) is 9.97 Å². The van der Waals surface area contributed by atoms with Crippen LogP contribution in [0.5, 0.6) is 0 Å². The average Bonchev–Trinajstić information content (AvgIpc) is 2.14. The normalized spacial score (nSPS) is 21.9. The monoisotopic (exact) mass is 192 g/mol. The third-order valence-electron chi connectivity index (χ3n) is 2.81. The Morgan fingerprint density at radius 3 is 3.07 bits per heavy atom. The average molecular weight is 192 g/mol. The third-order valence-corrected chi connectivity index (χ3v) is 2.81. The highest BCUT2D eigenvalue weighted by Crippen LogP contribution is 2.21. The van der Waals surface area contributed by atoms with Crippen LogP contribution in [0.3, 0.4) is 0 Å². The molecule has 1 saturated heterocycles. The molecule has 0 radical (unpaired) electrons. The number of rotatable bonds is 3. The van der Waals surface area contributed by atoms with Crippen molar-refractivity contribution in [2.24, 2.45) is 0 Å². The van der Waals surface area contributed by atoms with E-state index in [1.165, 1.54) is 12.8 Å². The van der Waals surface area contributed by atoms with Crippen LogP contribution < -0.4 is 5.73 Å². The zero-order chi connectivity index (χ0) is 9.97. The Kier molecular flexibility index (Phi) is 2.63. The van der Waals surface area contributed by atoms with E-state index in [0.717, 1.165) is 25.0 Å². The molecule has 1 aromatic rings. The fourth-order valence-electron chi connectivity index (χ4n) is 1.84. The van der Waals surface area contributed by atoms with E-state index in [1.807, 2.05) is 0 Å². The third kappa shape index (κ3) is 1.85. The lowest BCUT2D eigenvalue weighted by atomic mass is 10.0. The number of aromatic nitrogens is 2. The Bertz CT molecular complexity index is 311. The molecule has 0 amide bonds. The molecule has 76 valence electrons. The van der Waals surface area contributed by atoms with Crippen molar-refractivity contribution in [3.05, 3.63) is 18.1 Å². The molecule has 2 rings (SSSR count). The van der Waals surface area contributed by atoms with Crippen molar-refractivity contribution in [3.63, 3.8) is 0 Å². The van der Waals surface area contributed by atoms with Gasteiger partial charge in [-0.05, 0) is 18.9 Å². The number of nitrogens with two attached hydrogens (primary N) is 1. The van der Waals surface area contributed by atoms with Gasteiger partial charge in [-0.3, -0.25) is 4.90 Å². The molecule has 0 saturated carbocycles. The number of hydrogen-bond acceptors (Lipinski definition) is 4. The van der Waals surface area contributed by atoms with Crippen molar-refractivity contribution < 1.29 is 0 Å². The molecule has 1 unspecified atom stereocenters. The molecule has 1 atom stereocenters. The zero-order valence-corrected chi connectivity index (χ0v) is 8.48. The Hall–Kier alpha value is -1.16. The number of nitrogens with zero attached hydrogens (tertiary/aromatic N) is 3. The van der Waals surface area contributed by atoms with E-state index in [0.29, 0.717) is 5.82 Å². The molecule has 4 heteroatoms. The van der Waals surface area contributed by atoms with Gasteiger partial charge in [0.1, 0.15) is 11.6 Å². The molecular weight excluding hydrogens is 176 g/mol. The minimum Gasteiger partial charge on any atom is -0.384 e. The van der Waals surface area contributed by atoms with Gasteiger partial charge in [-0.2, -0.15) is 0 Å². The van der Waals surface area contributed by atoms with Gasteiger partial charge < -0.3 is 5.73 Å². The predicted octanol–water partition coefficient (Wildman–Crippen LogP) is 1.04. The second-order valence-corrected chi connectivity index (χ2v) is 3.72. The van der Waals surface area contributed by atoms with Crippen molar-refractivity contribution in [3.8, 4) is 0 Å². The maximum absolute atomic E-state index is 5.59. The van der Waals surface area contributed by atoms with E-state index in [-0.39, 0.29) is 0 Å². The smallest absolute Gasteiger partial charge is 0.144 e. The molecule has 1 aromatic heterocycles. The van der Waals surface area contributed by atoms with Crippen LogP contribution in [0, 0.1) is 0 Å². The van der Waals surface area contributed by atoms with E-state index < -0.39 is 0 Å². The minimum absolute atomic E-state index is 0.559. The summed E-state index contributed by atoms with van der Waals surface area (Å²) in [6.45, 7) is 4.22. The number of anilines is 1. The second kappa shape index (κ2) is 3.92. The van der Waals surface area contributed by atoms with Crippen LogP contribution in [0.4, 0.5) is 5.82 Å². The molecule has 0 spiro atoms. The molecular formula is C10H16N4. The summed E-state index contributed by atoms with van der Waals surface area (Å²) in [5, 5.41) is 0. The van der Waals surface area contributed by atoms with Crippen molar-refractivity contribution in [1.29, 1.82) is 0 Å². The first-order valence-corrected chi connectivity index (χ1v) is 5.11. The highest BCUT2D eigenvalue weighted by molar-refractivity contribution is 5.25. The Balaban J connectivity index is 1.97. The summed E-state index contributed by atoms with van der Waals surface area (Å²) in [5.41, 5.74) is 5.59. The quantitative estimate of drug-likeness (QED) is 0.777. The van der Waals surface area contributed by atoms with Gasteiger partial charge in [0.25, 0.3) is 0 Å².